The van der Waals surface area contributed by atoms with Crippen molar-refractivity contribution in [3.05, 3.63) is 89.2 Å². The zero-order chi connectivity index (χ0) is 15.4. The van der Waals surface area contributed by atoms with Crippen LogP contribution in [0.3, 0.4) is 0 Å². The molecule has 0 amide bonds. The molecule has 0 N–H and O–H groups in total. The van der Waals surface area contributed by atoms with Gasteiger partial charge in [0.2, 0.25) is 0 Å². The quantitative estimate of drug-likeness (QED) is 0.697. The summed E-state index contributed by atoms with van der Waals surface area (Å²) in [5.41, 5.74) is 6.78. The van der Waals surface area contributed by atoms with Crippen LogP contribution in [0.15, 0.2) is 83.6 Å². The highest BCUT2D eigenvalue weighted by Crippen LogP contribution is 2.33. The number of anilines is 1. The highest BCUT2D eigenvalue weighted by molar-refractivity contribution is 5.62. The van der Waals surface area contributed by atoms with Crippen LogP contribution in [0.2, 0.25) is 0 Å². The van der Waals surface area contributed by atoms with Crippen LogP contribution in [-0.4, -0.2) is 6.54 Å². The molecule has 0 saturated heterocycles. The molecule has 0 saturated carbocycles. The summed E-state index contributed by atoms with van der Waals surface area (Å²) in [6, 6.07) is 8.83. The number of allylic oxidation sites excluding steroid dienone is 8. The molecular formula is C21H23N. The summed E-state index contributed by atoms with van der Waals surface area (Å²) in [4.78, 5) is 2.43. The third-order valence-corrected chi connectivity index (χ3v) is 4.14. The molecule has 1 heterocycles. The Morgan fingerprint density at radius 2 is 1.82 bits per heavy atom. The van der Waals surface area contributed by atoms with Gasteiger partial charge in [0.25, 0.3) is 0 Å². The molecule has 1 aliphatic carbocycles. The molecule has 0 aromatic heterocycles. The summed E-state index contributed by atoms with van der Waals surface area (Å²) in [6.07, 6.45) is 17.6. The minimum Gasteiger partial charge on any atom is -0.337 e. The first-order valence-corrected chi connectivity index (χ1v) is 7.99. The van der Waals surface area contributed by atoms with Crippen molar-refractivity contribution in [2.24, 2.45) is 0 Å². The lowest BCUT2D eigenvalue weighted by Crippen LogP contribution is -2.29. The highest BCUT2D eigenvalue weighted by atomic mass is 15.1. The third-order valence-electron chi connectivity index (χ3n) is 4.14. The van der Waals surface area contributed by atoms with Crippen LogP contribution in [0.25, 0.3) is 0 Å². The summed E-state index contributed by atoms with van der Waals surface area (Å²) >= 11 is 0. The lowest BCUT2D eigenvalue weighted by atomic mass is 9.96. The normalized spacial score (nSPS) is 19.9. The Labute approximate surface area is 133 Å². The van der Waals surface area contributed by atoms with Crippen LogP contribution in [0, 0.1) is 6.92 Å². The van der Waals surface area contributed by atoms with E-state index in [0.717, 1.165) is 19.4 Å². The number of rotatable bonds is 2. The molecule has 1 heteroatoms. The second kappa shape index (κ2) is 6.65. The van der Waals surface area contributed by atoms with Gasteiger partial charge in [0, 0.05) is 17.9 Å². The first-order chi connectivity index (χ1) is 10.8. The highest BCUT2D eigenvalue weighted by Gasteiger charge is 2.21. The predicted octanol–water partition coefficient (Wildman–Crippen LogP) is 5.48. The first-order valence-electron chi connectivity index (χ1n) is 7.99. The van der Waals surface area contributed by atoms with E-state index in [0.29, 0.717) is 0 Å². The minimum absolute atomic E-state index is 0.963. The molecule has 2 aliphatic rings. The Bertz CT molecular complexity index is 681. The summed E-state index contributed by atoms with van der Waals surface area (Å²) < 4.78 is 0. The number of nitrogens with zero attached hydrogens (tertiary/aromatic N) is 1. The molecule has 0 atom stereocenters. The van der Waals surface area contributed by atoms with E-state index in [-0.39, 0.29) is 0 Å². The Morgan fingerprint density at radius 1 is 1.05 bits per heavy atom. The third kappa shape index (κ3) is 3.14. The van der Waals surface area contributed by atoms with Crippen molar-refractivity contribution in [3.8, 4) is 0 Å². The number of hydrogen-bond donors (Lipinski definition) is 0. The van der Waals surface area contributed by atoms with Crippen molar-refractivity contribution in [3.63, 3.8) is 0 Å². The number of aryl methyl sites for hydroxylation is 1. The minimum atomic E-state index is 0.963. The lowest BCUT2D eigenvalue weighted by Gasteiger charge is -2.33. The molecule has 0 unspecified atom stereocenters. The summed E-state index contributed by atoms with van der Waals surface area (Å²) in [5.74, 6) is 0. The molecule has 1 aliphatic heterocycles. The average Bonchev–Trinajstić information content (AvgIpc) is 2.78. The van der Waals surface area contributed by atoms with E-state index >= 15 is 0 Å². The van der Waals surface area contributed by atoms with E-state index in [1.807, 2.05) is 0 Å². The van der Waals surface area contributed by atoms with Crippen LogP contribution < -0.4 is 4.90 Å². The van der Waals surface area contributed by atoms with Crippen molar-refractivity contribution < 1.29 is 0 Å². The largest absolute Gasteiger partial charge is 0.337 e. The van der Waals surface area contributed by atoms with Crippen molar-refractivity contribution in [2.75, 3.05) is 11.4 Å². The van der Waals surface area contributed by atoms with Gasteiger partial charge in [-0.05, 0) is 56.0 Å². The maximum Gasteiger partial charge on any atom is 0.0447 e. The zero-order valence-corrected chi connectivity index (χ0v) is 13.4. The molecule has 112 valence electrons. The van der Waals surface area contributed by atoms with Gasteiger partial charge < -0.3 is 4.90 Å². The molecule has 1 nitrogen and oxygen atoms in total. The fourth-order valence-electron chi connectivity index (χ4n) is 2.96. The maximum atomic E-state index is 2.43. The standard InChI is InChI=1S/C21H23N/c1-3-4-8-18-15-19-9-6-5-7-10-21(19)22(16-18)20-13-11-17(2)12-14-20/h3-4,6-14H,5,15-16H2,1-2H3. The van der Waals surface area contributed by atoms with Gasteiger partial charge in [0.1, 0.15) is 0 Å². The van der Waals surface area contributed by atoms with Gasteiger partial charge in [-0.15, -0.1) is 0 Å². The summed E-state index contributed by atoms with van der Waals surface area (Å²) in [7, 11) is 0. The Kier molecular flexibility index (Phi) is 4.43. The molecule has 0 fully saturated rings. The second-order valence-electron chi connectivity index (χ2n) is 5.90. The van der Waals surface area contributed by atoms with E-state index in [1.165, 1.54) is 28.1 Å². The molecule has 0 spiro atoms. The monoisotopic (exact) mass is 289 g/mol. The Morgan fingerprint density at radius 3 is 2.59 bits per heavy atom. The van der Waals surface area contributed by atoms with Gasteiger partial charge in [-0.1, -0.05) is 54.2 Å². The van der Waals surface area contributed by atoms with Crippen LogP contribution in [0.5, 0.6) is 0 Å². The van der Waals surface area contributed by atoms with Crippen LogP contribution in [0.4, 0.5) is 5.69 Å². The average molecular weight is 289 g/mol. The van der Waals surface area contributed by atoms with E-state index in [2.05, 4.69) is 85.5 Å². The fourth-order valence-corrected chi connectivity index (χ4v) is 2.96. The van der Waals surface area contributed by atoms with Gasteiger partial charge >= 0.3 is 0 Å². The molecule has 3 rings (SSSR count). The zero-order valence-electron chi connectivity index (χ0n) is 13.4. The van der Waals surface area contributed by atoms with Crippen LogP contribution in [0.1, 0.15) is 25.3 Å². The van der Waals surface area contributed by atoms with E-state index < -0.39 is 0 Å². The summed E-state index contributed by atoms with van der Waals surface area (Å²) in [5, 5.41) is 0. The van der Waals surface area contributed by atoms with Crippen molar-refractivity contribution in [2.45, 2.75) is 26.7 Å². The van der Waals surface area contributed by atoms with Crippen LogP contribution in [-0.2, 0) is 0 Å². The van der Waals surface area contributed by atoms with Gasteiger partial charge in [-0.2, -0.15) is 0 Å². The molecule has 0 radical (unpaired) electrons. The topological polar surface area (TPSA) is 3.24 Å². The van der Waals surface area contributed by atoms with Gasteiger partial charge in [-0.25, -0.2) is 0 Å². The Hall–Kier alpha value is -2.28. The molecule has 1 aromatic rings. The molecule has 1 aromatic carbocycles. The van der Waals surface area contributed by atoms with Gasteiger partial charge in [0.15, 0.2) is 0 Å². The van der Waals surface area contributed by atoms with Gasteiger partial charge in [0.05, 0.1) is 0 Å². The SMILES string of the molecule is CC=CC=C1CC2=C(C=CCC=C2)N(c2ccc(C)cc2)C1. The second-order valence-corrected chi connectivity index (χ2v) is 5.90. The van der Waals surface area contributed by atoms with Crippen LogP contribution >= 0.6 is 0 Å². The summed E-state index contributed by atoms with van der Waals surface area (Å²) in [6.45, 7) is 5.16. The molecular weight excluding hydrogens is 266 g/mol. The van der Waals surface area contributed by atoms with E-state index in [4.69, 9.17) is 0 Å². The van der Waals surface area contributed by atoms with Crippen molar-refractivity contribution in [1.29, 1.82) is 0 Å². The number of benzene rings is 1. The lowest BCUT2D eigenvalue weighted by molar-refractivity contribution is 0.888. The smallest absolute Gasteiger partial charge is 0.0447 e. The Balaban J connectivity index is 2.04. The molecule has 0 bridgehead atoms. The first kappa shape index (κ1) is 14.6. The fraction of sp³-hybridized carbons (Fsp3) is 0.238. The van der Waals surface area contributed by atoms with E-state index in [1.54, 1.807) is 0 Å². The van der Waals surface area contributed by atoms with Gasteiger partial charge in [-0.3, -0.25) is 0 Å². The van der Waals surface area contributed by atoms with Crippen molar-refractivity contribution >= 4 is 5.69 Å². The number of hydrogen-bond acceptors (Lipinski definition) is 1. The predicted molar refractivity (Wildman–Crippen MR) is 96.0 cm³/mol. The maximum absolute atomic E-state index is 2.43. The van der Waals surface area contributed by atoms with E-state index in [9.17, 15) is 0 Å². The van der Waals surface area contributed by atoms with Crippen molar-refractivity contribution in [1.82, 2.24) is 0 Å². The molecule has 22 heavy (non-hydrogen) atoms.